The van der Waals surface area contributed by atoms with Gasteiger partial charge in [-0.3, -0.25) is 0 Å². The van der Waals surface area contributed by atoms with Crippen LogP contribution in [-0.4, -0.2) is 24.0 Å². The molecular weight excluding hydrogens is 334 g/mol. The molecule has 3 rings (SSSR count). The fraction of sp³-hybridized carbons (Fsp3) is 0.381. The summed E-state index contributed by atoms with van der Waals surface area (Å²) in [6.45, 7) is 3.20. The molecule has 5 heteroatoms. The second-order valence-corrected chi connectivity index (χ2v) is 6.96. The van der Waals surface area contributed by atoms with E-state index in [1.165, 1.54) is 11.6 Å². The first-order valence-corrected chi connectivity index (χ1v) is 9.07. The number of benzene rings is 2. The van der Waals surface area contributed by atoms with E-state index in [0.29, 0.717) is 24.6 Å². The third-order valence-electron chi connectivity index (χ3n) is 5.05. The van der Waals surface area contributed by atoms with Crippen LogP contribution in [0.2, 0.25) is 0 Å². The predicted molar refractivity (Wildman–Crippen MR) is 97.7 cm³/mol. The van der Waals surface area contributed by atoms with Crippen molar-refractivity contribution in [3.63, 3.8) is 0 Å². The topological polar surface area (TPSA) is 32.3 Å². The number of hydrogen-bond donors (Lipinski definition) is 1. The van der Waals surface area contributed by atoms with Crippen LogP contribution in [-0.2, 0) is 6.42 Å². The van der Waals surface area contributed by atoms with Crippen LogP contribution in [0.4, 0.5) is 13.6 Å². The molecule has 2 amide bonds. The van der Waals surface area contributed by atoms with Crippen LogP contribution in [0.25, 0.3) is 0 Å². The maximum Gasteiger partial charge on any atom is 0.317 e. The number of nitrogens with zero attached hydrogens (tertiary/aromatic N) is 1. The van der Waals surface area contributed by atoms with Gasteiger partial charge in [-0.2, -0.15) is 0 Å². The number of carbonyl (C=O) groups is 1. The van der Waals surface area contributed by atoms with Crippen molar-refractivity contribution in [2.75, 3.05) is 13.1 Å². The summed E-state index contributed by atoms with van der Waals surface area (Å²) in [6, 6.07) is 13.6. The molecule has 3 nitrogen and oxygen atoms in total. The van der Waals surface area contributed by atoms with Crippen LogP contribution in [0.3, 0.4) is 0 Å². The van der Waals surface area contributed by atoms with Crippen molar-refractivity contribution >= 4 is 6.03 Å². The normalized spacial score (nSPS) is 16.3. The zero-order valence-corrected chi connectivity index (χ0v) is 14.9. The van der Waals surface area contributed by atoms with E-state index in [1.807, 2.05) is 6.07 Å². The smallest absolute Gasteiger partial charge is 0.317 e. The highest BCUT2D eigenvalue weighted by molar-refractivity contribution is 5.74. The summed E-state index contributed by atoms with van der Waals surface area (Å²) in [5.41, 5.74) is 1.89. The number of likely N-dealkylation sites (tertiary alicyclic amines) is 1. The Kier molecular flexibility index (Phi) is 5.86. The number of piperidine rings is 1. The molecule has 0 aromatic heterocycles. The van der Waals surface area contributed by atoms with Gasteiger partial charge in [0.2, 0.25) is 0 Å². The first-order valence-electron chi connectivity index (χ1n) is 9.07. The summed E-state index contributed by atoms with van der Waals surface area (Å²) in [5.74, 6) is -1.19. The zero-order chi connectivity index (χ0) is 18.5. The van der Waals surface area contributed by atoms with Crippen molar-refractivity contribution in [1.29, 1.82) is 0 Å². The van der Waals surface area contributed by atoms with Gasteiger partial charge in [-0.15, -0.1) is 0 Å². The van der Waals surface area contributed by atoms with E-state index in [-0.39, 0.29) is 12.1 Å². The molecule has 0 unspecified atom stereocenters. The molecule has 2 aromatic carbocycles. The Morgan fingerprint density at radius 1 is 1.12 bits per heavy atom. The van der Waals surface area contributed by atoms with Crippen molar-refractivity contribution < 1.29 is 13.6 Å². The first-order chi connectivity index (χ1) is 12.5. The molecule has 1 heterocycles. The van der Waals surface area contributed by atoms with Gasteiger partial charge in [-0.1, -0.05) is 36.4 Å². The lowest BCUT2D eigenvalue weighted by molar-refractivity contribution is 0.167. The third-order valence-corrected chi connectivity index (χ3v) is 5.05. The summed E-state index contributed by atoms with van der Waals surface area (Å²) < 4.78 is 26.4. The first kappa shape index (κ1) is 18.4. The standard InChI is InChI=1S/C21H24F2N2O/c1-15(18-7-8-19(22)20(23)14-18)24-21(26)25-11-9-17(10-12-25)13-16-5-3-2-4-6-16/h2-8,14-15,17H,9-13H2,1H3,(H,24,26)/t15-/m0/s1. The predicted octanol–water partition coefficient (Wildman–Crippen LogP) is 4.69. The average molecular weight is 358 g/mol. The molecule has 1 N–H and O–H groups in total. The molecule has 1 aliphatic heterocycles. The van der Waals surface area contributed by atoms with E-state index in [4.69, 9.17) is 0 Å². The number of rotatable bonds is 4. The third kappa shape index (κ3) is 4.59. The van der Waals surface area contributed by atoms with Gasteiger partial charge in [0.25, 0.3) is 0 Å². The fourth-order valence-corrected chi connectivity index (χ4v) is 3.43. The lowest BCUT2D eigenvalue weighted by Gasteiger charge is -2.33. The van der Waals surface area contributed by atoms with Crippen molar-refractivity contribution in [2.45, 2.75) is 32.2 Å². The van der Waals surface area contributed by atoms with Gasteiger partial charge in [0.1, 0.15) is 0 Å². The molecule has 1 fully saturated rings. The lowest BCUT2D eigenvalue weighted by atomic mass is 9.90. The summed E-state index contributed by atoms with van der Waals surface area (Å²) >= 11 is 0. The Morgan fingerprint density at radius 3 is 2.46 bits per heavy atom. The zero-order valence-electron chi connectivity index (χ0n) is 14.9. The van der Waals surface area contributed by atoms with E-state index in [1.54, 1.807) is 11.8 Å². The second-order valence-electron chi connectivity index (χ2n) is 6.96. The van der Waals surface area contributed by atoms with Crippen LogP contribution in [0, 0.1) is 17.6 Å². The van der Waals surface area contributed by atoms with Gasteiger partial charge in [0.15, 0.2) is 11.6 Å². The maximum absolute atomic E-state index is 13.4. The Bertz CT molecular complexity index is 743. The maximum atomic E-state index is 13.4. The Morgan fingerprint density at radius 2 is 1.81 bits per heavy atom. The minimum absolute atomic E-state index is 0.152. The number of carbonyl (C=O) groups excluding carboxylic acids is 1. The van der Waals surface area contributed by atoms with Gasteiger partial charge in [-0.25, -0.2) is 13.6 Å². The van der Waals surface area contributed by atoms with Gasteiger partial charge in [0.05, 0.1) is 6.04 Å². The highest BCUT2D eigenvalue weighted by Crippen LogP contribution is 2.22. The van der Waals surface area contributed by atoms with Gasteiger partial charge >= 0.3 is 6.03 Å². The van der Waals surface area contributed by atoms with Crippen LogP contribution in [0.15, 0.2) is 48.5 Å². The number of hydrogen-bond acceptors (Lipinski definition) is 1. The molecule has 0 radical (unpaired) electrons. The highest BCUT2D eigenvalue weighted by atomic mass is 19.2. The molecule has 0 bridgehead atoms. The summed E-state index contributed by atoms with van der Waals surface area (Å²) in [6.07, 6.45) is 2.99. The minimum atomic E-state index is -0.898. The van der Waals surface area contributed by atoms with Crippen molar-refractivity contribution in [2.24, 2.45) is 5.92 Å². The average Bonchev–Trinajstić information content (AvgIpc) is 2.65. The Hall–Kier alpha value is -2.43. The van der Waals surface area contributed by atoms with Crippen molar-refractivity contribution in [3.05, 3.63) is 71.3 Å². The molecule has 0 spiro atoms. The molecule has 26 heavy (non-hydrogen) atoms. The summed E-state index contributed by atoms with van der Waals surface area (Å²) in [7, 11) is 0. The van der Waals surface area contributed by atoms with E-state index in [9.17, 15) is 13.6 Å². The van der Waals surface area contributed by atoms with E-state index in [0.717, 1.165) is 31.4 Å². The fourth-order valence-electron chi connectivity index (χ4n) is 3.43. The SMILES string of the molecule is C[C@H](NC(=O)N1CCC(Cc2ccccc2)CC1)c1ccc(F)c(F)c1. The number of nitrogens with one attached hydrogen (secondary N) is 1. The molecule has 1 atom stereocenters. The molecule has 0 saturated carbocycles. The highest BCUT2D eigenvalue weighted by Gasteiger charge is 2.24. The van der Waals surface area contributed by atoms with E-state index < -0.39 is 11.6 Å². The van der Waals surface area contributed by atoms with Crippen molar-refractivity contribution in [1.82, 2.24) is 10.2 Å². The van der Waals surface area contributed by atoms with Gasteiger partial charge in [-0.05, 0) is 55.4 Å². The molecule has 2 aromatic rings. The Balaban J connectivity index is 1.49. The largest absolute Gasteiger partial charge is 0.331 e. The molecule has 1 aliphatic rings. The Labute approximate surface area is 153 Å². The number of amides is 2. The van der Waals surface area contributed by atoms with Crippen molar-refractivity contribution in [3.8, 4) is 0 Å². The van der Waals surface area contributed by atoms with Gasteiger partial charge < -0.3 is 10.2 Å². The second kappa shape index (κ2) is 8.30. The monoisotopic (exact) mass is 358 g/mol. The van der Waals surface area contributed by atoms with Gasteiger partial charge in [0, 0.05) is 13.1 Å². The molecule has 0 aliphatic carbocycles. The summed E-state index contributed by atoms with van der Waals surface area (Å²) in [5, 5.41) is 2.87. The van der Waals surface area contributed by atoms with E-state index >= 15 is 0 Å². The lowest BCUT2D eigenvalue weighted by Crippen LogP contribution is -2.45. The van der Waals surface area contributed by atoms with Crippen LogP contribution >= 0.6 is 0 Å². The molecule has 138 valence electrons. The quantitative estimate of drug-likeness (QED) is 0.845. The number of halogens is 2. The number of urea groups is 1. The summed E-state index contributed by atoms with van der Waals surface area (Å²) in [4.78, 5) is 14.2. The minimum Gasteiger partial charge on any atom is -0.331 e. The molecular formula is C21H24F2N2O. The van der Waals surface area contributed by atoms with E-state index in [2.05, 4.69) is 29.6 Å². The molecule has 1 saturated heterocycles. The van der Waals surface area contributed by atoms with Crippen LogP contribution in [0.5, 0.6) is 0 Å². The van der Waals surface area contributed by atoms with Crippen LogP contribution < -0.4 is 5.32 Å². The van der Waals surface area contributed by atoms with Crippen LogP contribution in [0.1, 0.15) is 36.9 Å².